The number of Topliss-reactive ketones (excluding diaryl/α,β-unsaturated/α-hetero) is 1. The van der Waals surface area contributed by atoms with Crippen molar-refractivity contribution in [1.29, 1.82) is 0 Å². The summed E-state index contributed by atoms with van der Waals surface area (Å²) < 4.78 is 0. The van der Waals surface area contributed by atoms with Crippen molar-refractivity contribution in [3.05, 3.63) is 59.8 Å². The molecule has 1 aliphatic rings. The number of nitrogens with one attached hydrogen (secondary N) is 1. The molecule has 5 heteroatoms. The second kappa shape index (κ2) is 6.83. The van der Waals surface area contributed by atoms with Crippen LogP contribution in [0.1, 0.15) is 48.4 Å². The van der Waals surface area contributed by atoms with E-state index in [-0.39, 0.29) is 11.7 Å². The van der Waals surface area contributed by atoms with Gasteiger partial charge in [0.2, 0.25) is 0 Å². The van der Waals surface area contributed by atoms with Crippen molar-refractivity contribution in [2.24, 2.45) is 5.92 Å². The Bertz CT molecular complexity index is 963. The molecule has 4 rings (SSSR count). The topological polar surface area (TPSA) is 67.8 Å². The number of anilines is 1. The minimum atomic E-state index is -0.0434. The molecule has 0 saturated heterocycles. The molecular formula is C21H22N4O. The minimum Gasteiger partial charge on any atom is -0.382 e. The molecule has 1 N–H and O–H groups in total. The van der Waals surface area contributed by atoms with E-state index in [2.05, 4.69) is 15.3 Å². The molecule has 0 aliphatic heterocycles. The lowest BCUT2D eigenvalue weighted by Crippen LogP contribution is -2.14. The maximum absolute atomic E-state index is 12.5. The van der Waals surface area contributed by atoms with E-state index in [1.165, 1.54) is 0 Å². The molecule has 0 atom stereocenters. The van der Waals surface area contributed by atoms with Crippen molar-refractivity contribution in [3.63, 3.8) is 0 Å². The molecular weight excluding hydrogens is 324 g/mol. The van der Waals surface area contributed by atoms with Crippen LogP contribution in [0.5, 0.6) is 0 Å². The first-order chi connectivity index (χ1) is 12.6. The van der Waals surface area contributed by atoms with Crippen LogP contribution in [0, 0.1) is 5.92 Å². The Hall–Kier alpha value is -2.82. The number of rotatable bonds is 6. The van der Waals surface area contributed by atoms with Gasteiger partial charge in [0.05, 0.1) is 11.1 Å². The maximum atomic E-state index is 12.5. The number of carbonyl (C=O) groups excluding carboxylic acids is 1. The number of pyridine rings is 3. The number of hydrogen-bond acceptors (Lipinski definition) is 5. The largest absolute Gasteiger partial charge is 0.382 e. The molecule has 3 heterocycles. The molecule has 5 nitrogen and oxygen atoms in total. The van der Waals surface area contributed by atoms with Crippen LogP contribution in [-0.4, -0.2) is 26.8 Å². The van der Waals surface area contributed by atoms with Gasteiger partial charge in [0.15, 0.2) is 5.78 Å². The van der Waals surface area contributed by atoms with Crippen LogP contribution in [0.3, 0.4) is 0 Å². The Labute approximate surface area is 152 Å². The first kappa shape index (κ1) is 16.6. The SMILES string of the molecule is CC(C)C(=O)c1cnc(Cc2ccc3cnccc3n2)cc1NC1CC1. The summed E-state index contributed by atoms with van der Waals surface area (Å²) >= 11 is 0. The summed E-state index contributed by atoms with van der Waals surface area (Å²) in [6.07, 6.45) is 8.23. The molecule has 1 saturated carbocycles. The fraction of sp³-hybridized carbons (Fsp3) is 0.333. The number of hydrogen-bond donors (Lipinski definition) is 1. The highest BCUT2D eigenvalue weighted by atomic mass is 16.1. The normalized spacial score (nSPS) is 14.0. The molecule has 0 amide bonds. The van der Waals surface area contributed by atoms with Gasteiger partial charge >= 0.3 is 0 Å². The molecule has 26 heavy (non-hydrogen) atoms. The number of ketones is 1. The molecule has 132 valence electrons. The summed E-state index contributed by atoms with van der Waals surface area (Å²) in [7, 11) is 0. The van der Waals surface area contributed by atoms with E-state index in [4.69, 9.17) is 4.98 Å². The highest BCUT2D eigenvalue weighted by Gasteiger charge is 2.24. The van der Waals surface area contributed by atoms with Crippen LogP contribution >= 0.6 is 0 Å². The lowest BCUT2D eigenvalue weighted by molar-refractivity contribution is 0.0940. The first-order valence-corrected chi connectivity index (χ1v) is 9.09. The van der Waals surface area contributed by atoms with Gasteiger partial charge in [0.25, 0.3) is 0 Å². The summed E-state index contributed by atoms with van der Waals surface area (Å²) in [5, 5.41) is 4.51. The van der Waals surface area contributed by atoms with Crippen LogP contribution in [0.15, 0.2) is 42.9 Å². The molecule has 0 unspecified atom stereocenters. The highest BCUT2D eigenvalue weighted by Crippen LogP contribution is 2.28. The smallest absolute Gasteiger partial charge is 0.169 e. The van der Waals surface area contributed by atoms with Crippen LogP contribution in [0.25, 0.3) is 10.9 Å². The second-order valence-electron chi connectivity index (χ2n) is 7.21. The maximum Gasteiger partial charge on any atom is 0.169 e. The van der Waals surface area contributed by atoms with Crippen molar-refractivity contribution >= 4 is 22.4 Å². The number of nitrogens with zero attached hydrogens (tertiary/aromatic N) is 3. The van der Waals surface area contributed by atoms with E-state index in [9.17, 15) is 4.79 Å². The van der Waals surface area contributed by atoms with Gasteiger partial charge < -0.3 is 5.32 Å². The predicted octanol–water partition coefficient (Wildman–Crippen LogP) is 4.03. The fourth-order valence-corrected chi connectivity index (χ4v) is 2.96. The monoisotopic (exact) mass is 346 g/mol. The molecule has 0 bridgehead atoms. The Morgan fingerprint density at radius 3 is 2.81 bits per heavy atom. The van der Waals surface area contributed by atoms with E-state index in [0.29, 0.717) is 18.0 Å². The first-order valence-electron chi connectivity index (χ1n) is 9.09. The van der Waals surface area contributed by atoms with Gasteiger partial charge in [-0.25, -0.2) is 0 Å². The lowest BCUT2D eigenvalue weighted by Gasteiger charge is -2.14. The third-order valence-corrected chi connectivity index (χ3v) is 4.60. The molecule has 1 fully saturated rings. The number of fused-ring (bicyclic) bond motifs is 1. The van der Waals surface area contributed by atoms with Crippen LogP contribution in [-0.2, 0) is 6.42 Å². The van der Waals surface area contributed by atoms with Gasteiger partial charge in [0, 0.05) is 59.4 Å². The van der Waals surface area contributed by atoms with Crippen molar-refractivity contribution in [1.82, 2.24) is 15.0 Å². The van der Waals surface area contributed by atoms with E-state index in [0.717, 1.165) is 40.8 Å². The van der Waals surface area contributed by atoms with Gasteiger partial charge in [-0.15, -0.1) is 0 Å². The van der Waals surface area contributed by atoms with Gasteiger partial charge in [-0.2, -0.15) is 0 Å². The summed E-state index contributed by atoms with van der Waals surface area (Å²) in [5.41, 5.74) is 4.39. The third-order valence-electron chi connectivity index (χ3n) is 4.60. The van der Waals surface area contributed by atoms with Gasteiger partial charge in [-0.05, 0) is 37.1 Å². The summed E-state index contributed by atoms with van der Waals surface area (Å²) in [6.45, 7) is 3.84. The molecule has 0 radical (unpaired) electrons. The van der Waals surface area contributed by atoms with Crippen molar-refractivity contribution in [2.75, 3.05) is 5.32 Å². The van der Waals surface area contributed by atoms with Crippen molar-refractivity contribution < 1.29 is 4.79 Å². The molecule has 0 spiro atoms. The summed E-state index contributed by atoms with van der Waals surface area (Å²) in [4.78, 5) is 25.8. The average molecular weight is 346 g/mol. The van der Waals surface area contributed by atoms with Crippen LogP contribution < -0.4 is 5.32 Å². The summed E-state index contributed by atoms with van der Waals surface area (Å²) in [5.74, 6) is 0.0849. The molecule has 3 aromatic heterocycles. The zero-order valence-electron chi connectivity index (χ0n) is 15.1. The molecule has 3 aromatic rings. The number of carbonyl (C=O) groups is 1. The third kappa shape index (κ3) is 3.57. The lowest BCUT2D eigenvalue weighted by atomic mass is 10.00. The number of aromatic nitrogens is 3. The molecule has 1 aliphatic carbocycles. The quantitative estimate of drug-likeness (QED) is 0.683. The van der Waals surface area contributed by atoms with Crippen molar-refractivity contribution in [2.45, 2.75) is 39.2 Å². The van der Waals surface area contributed by atoms with Gasteiger partial charge in [-0.3, -0.25) is 19.7 Å². The summed E-state index contributed by atoms with van der Waals surface area (Å²) in [6, 6.07) is 8.44. The minimum absolute atomic E-state index is 0.0434. The molecule has 0 aromatic carbocycles. The standard InChI is InChI=1S/C21H22N4O/c1-13(2)21(26)18-12-23-17(10-20(18)24-15-5-6-15)9-16-4-3-14-11-22-8-7-19(14)25-16/h3-4,7-8,10-13,15H,5-6,9H2,1-2H3,(H,23,24). The van der Waals surface area contributed by atoms with Gasteiger partial charge in [-0.1, -0.05) is 13.8 Å². The highest BCUT2D eigenvalue weighted by molar-refractivity contribution is 6.02. The Morgan fingerprint density at radius 1 is 1.19 bits per heavy atom. The Kier molecular flexibility index (Phi) is 4.37. The van der Waals surface area contributed by atoms with E-state index in [1.807, 2.05) is 44.3 Å². The predicted molar refractivity (Wildman–Crippen MR) is 102 cm³/mol. The van der Waals surface area contributed by atoms with Crippen LogP contribution in [0.2, 0.25) is 0 Å². The Morgan fingerprint density at radius 2 is 2.04 bits per heavy atom. The fourth-order valence-electron chi connectivity index (χ4n) is 2.96. The van der Waals surface area contributed by atoms with Crippen molar-refractivity contribution in [3.8, 4) is 0 Å². The van der Waals surface area contributed by atoms with Gasteiger partial charge in [0.1, 0.15) is 0 Å². The second-order valence-corrected chi connectivity index (χ2v) is 7.21. The van der Waals surface area contributed by atoms with E-state index in [1.54, 1.807) is 12.4 Å². The Balaban J connectivity index is 1.63. The zero-order valence-corrected chi connectivity index (χ0v) is 15.1. The van der Waals surface area contributed by atoms with Crippen LogP contribution in [0.4, 0.5) is 5.69 Å². The average Bonchev–Trinajstić information content (AvgIpc) is 3.45. The zero-order chi connectivity index (χ0) is 18.1. The van der Waals surface area contributed by atoms with E-state index < -0.39 is 0 Å². The van der Waals surface area contributed by atoms with E-state index >= 15 is 0 Å².